The summed E-state index contributed by atoms with van der Waals surface area (Å²) in [5.74, 6) is -3.13. The van der Waals surface area contributed by atoms with E-state index in [1.807, 2.05) is 6.07 Å². The van der Waals surface area contributed by atoms with Crippen LogP contribution in [-0.2, 0) is 14.4 Å². The summed E-state index contributed by atoms with van der Waals surface area (Å²) in [6.07, 6.45) is 0. The first-order valence-electron chi connectivity index (χ1n) is 8.63. The quantitative estimate of drug-likeness (QED) is 0.412. The van der Waals surface area contributed by atoms with Crippen molar-refractivity contribution in [1.29, 1.82) is 0 Å². The molecule has 2 aromatic carbocycles. The maximum Gasteiger partial charge on any atom is 0.308 e. The molecule has 0 N–H and O–H groups in total. The summed E-state index contributed by atoms with van der Waals surface area (Å²) in [6, 6.07) is 10.1. The fourth-order valence-electron chi connectivity index (χ4n) is 2.74. The van der Waals surface area contributed by atoms with Crippen molar-refractivity contribution in [3.05, 3.63) is 51.1 Å². The lowest BCUT2D eigenvalue weighted by atomic mass is 10.1. The lowest BCUT2D eigenvalue weighted by Crippen LogP contribution is -2.14. The molecule has 0 saturated carbocycles. The summed E-state index contributed by atoms with van der Waals surface area (Å²) in [4.78, 5) is 48.0. The van der Waals surface area contributed by atoms with Crippen molar-refractivity contribution in [2.24, 2.45) is 0 Å². The smallest absolute Gasteiger partial charge is 0.308 e. The van der Waals surface area contributed by atoms with Gasteiger partial charge in [0, 0.05) is 32.4 Å². The van der Waals surface area contributed by atoms with Gasteiger partial charge in [0.25, 0.3) is 0 Å². The van der Waals surface area contributed by atoms with Crippen molar-refractivity contribution in [1.82, 2.24) is 0 Å². The minimum atomic E-state index is -0.785. The average Bonchev–Trinajstić information content (AvgIpc) is 2.67. The highest BCUT2D eigenvalue weighted by Crippen LogP contribution is 2.49. The minimum absolute atomic E-state index is 0.0368. The van der Waals surface area contributed by atoms with E-state index in [1.165, 1.54) is 6.07 Å². The van der Waals surface area contributed by atoms with Gasteiger partial charge in [-0.05, 0) is 15.9 Å². The molecule has 3 aromatic rings. The summed E-state index contributed by atoms with van der Waals surface area (Å²) in [5.41, 5.74) is 0.00937. The monoisotopic (exact) mass is 474 g/mol. The van der Waals surface area contributed by atoms with Gasteiger partial charge >= 0.3 is 17.9 Å². The summed E-state index contributed by atoms with van der Waals surface area (Å²) < 4.78 is 21.4. The molecule has 0 aliphatic heterocycles. The average molecular weight is 475 g/mol. The molecule has 9 heteroatoms. The van der Waals surface area contributed by atoms with Crippen molar-refractivity contribution < 1.29 is 33.0 Å². The Morgan fingerprint density at radius 1 is 0.833 bits per heavy atom. The molecule has 0 bridgehead atoms. The topological polar surface area (TPSA) is 109 Å². The molecule has 0 aliphatic rings. The Kier molecular flexibility index (Phi) is 6.02. The van der Waals surface area contributed by atoms with E-state index in [0.29, 0.717) is 5.56 Å². The highest BCUT2D eigenvalue weighted by molar-refractivity contribution is 9.10. The number of ether oxygens (including phenoxy) is 3. The highest BCUT2D eigenvalue weighted by Gasteiger charge is 2.29. The third-order valence-corrected chi connectivity index (χ3v) is 4.50. The van der Waals surface area contributed by atoms with Crippen LogP contribution < -0.4 is 19.6 Å². The number of hydrogen-bond donors (Lipinski definition) is 0. The van der Waals surface area contributed by atoms with Crippen LogP contribution >= 0.6 is 15.9 Å². The molecule has 0 unspecified atom stereocenters. The largest absolute Gasteiger partial charge is 0.454 e. The Morgan fingerprint density at radius 3 is 1.93 bits per heavy atom. The van der Waals surface area contributed by atoms with Gasteiger partial charge in [-0.3, -0.25) is 19.2 Å². The van der Waals surface area contributed by atoms with Crippen LogP contribution in [0.1, 0.15) is 20.8 Å². The van der Waals surface area contributed by atoms with E-state index in [2.05, 4.69) is 15.9 Å². The molecule has 3 rings (SSSR count). The second-order valence-electron chi connectivity index (χ2n) is 6.13. The Morgan fingerprint density at radius 2 is 1.37 bits per heavy atom. The molecular weight excluding hydrogens is 460 g/mol. The summed E-state index contributed by atoms with van der Waals surface area (Å²) in [7, 11) is 0. The van der Waals surface area contributed by atoms with Gasteiger partial charge in [-0.2, -0.15) is 0 Å². The highest BCUT2D eigenvalue weighted by atomic mass is 79.9. The van der Waals surface area contributed by atoms with Crippen LogP contribution in [0.4, 0.5) is 0 Å². The summed E-state index contributed by atoms with van der Waals surface area (Å²) in [5, 5.41) is -0.163. The second-order valence-corrected chi connectivity index (χ2v) is 6.92. The lowest BCUT2D eigenvalue weighted by molar-refractivity contribution is -0.135. The Hall–Kier alpha value is -3.46. The molecule has 8 nitrogen and oxygen atoms in total. The molecule has 154 valence electrons. The van der Waals surface area contributed by atoms with Crippen molar-refractivity contribution in [3.8, 4) is 28.6 Å². The first-order valence-corrected chi connectivity index (χ1v) is 9.42. The second kappa shape index (κ2) is 8.50. The number of rotatable bonds is 4. The van der Waals surface area contributed by atoms with E-state index in [1.54, 1.807) is 24.3 Å². The predicted octanol–water partition coefficient (Wildman–Crippen LogP) is 4.00. The minimum Gasteiger partial charge on any atom is -0.454 e. The van der Waals surface area contributed by atoms with Crippen molar-refractivity contribution in [2.45, 2.75) is 20.8 Å². The SMILES string of the molecule is CC(=O)Oc1c(OC(C)=O)c(OC(C)=O)c2c(=O)cc(-c3ccccc3)oc2c1Br. The zero-order valence-corrected chi connectivity index (χ0v) is 17.7. The molecular formula is C21H15BrO8. The van der Waals surface area contributed by atoms with Gasteiger partial charge in [-0.1, -0.05) is 30.3 Å². The summed E-state index contributed by atoms with van der Waals surface area (Å²) in [6.45, 7) is 3.35. The van der Waals surface area contributed by atoms with Gasteiger partial charge < -0.3 is 18.6 Å². The molecule has 0 fully saturated rings. The molecule has 0 saturated heterocycles. The van der Waals surface area contributed by atoms with E-state index in [9.17, 15) is 19.2 Å². The van der Waals surface area contributed by atoms with Gasteiger partial charge in [-0.25, -0.2) is 0 Å². The number of carbonyl (C=O) groups is 3. The predicted molar refractivity (Wildman–Crippen MR) is 110 cm³/mol. The molecule has 0 spiro atoms. The number of esters is 3. The van der Waals surface area contributed by atoms with Crippen molar-refractivity contribution >= 4 is 44.8 Å². The van der Waals surface area contributed by atoms with E-state index in [-0.39, 0.29) is 32.7 Å². The molecule has 0 amide bonds. The standard InChI is InChI=1S/C21H15BrO8/c1-10(23)27-19-16-14(26)9-15(13-7-5-4-6-8-13)30-18(16)17(22)20(28-11(2)24)21(19)29-12(3)25/h4-9H,1-3H3. The normalized spacial score (nSPS) is 10.5. The first kappa shape index (κ1) is 21.3. The zero-order valence-electron chi connectivity index (χ0n) is 16.1. The van der Waals surface area contributed by atoms with Crippen LogP contribution in [0.3, 0.4) is 0 Å². The molecule has 0 atom stereocenters. The number of benzene rings is 2. The third-order valence-electron chi connectivity index (χ3n) is 3.78. The third kappa shape index (κ3) is 4.25. The maximum atomic E-state index is 13.0. The van der Waals surface area contributed by atoms with Gasteiger partial charge in [0.1, 0.15) is 15.6 Å². The van der Waals surface area contributed by atoms with Crippen molar-refractivity contribution in [2.75, 3.05) is 0 Å². The Bertz CT molecular complexity index is 1230. The molecule has 30 heavy (non-hydrogen) atoms. The first-order chi connectivity index (χ1) is 14.2. The molecule has 0 aliphatic carbocycles. The van der Waals surface area contributed by atoms with Crippen LogP contribution in [0.25, 0.3) is 22.3 Å². The van der Waals surface area contributed by atoms with E-state index < -0.39 is 29.1 Å². The van der Waals surface area contributed by atoms with Crippen molar-refractivity contribution in [3.63, 3.8) is 0 Å². The summed E-state index contributed by atoms with van der Waals surface area (Å²) >= 11 is 3.25. The lowest BCUT2D eigenvalue weighted by Gasteiger charge is -2.17. The molecule has 1 aromatic heterocycles. The maximum absolute atomic E-state index is 13.0. The van der Waals surface area contributed by atoms with Crippen LogP contribution in [0, 0.1) is 0 Å². The van der Waals surface area contributed by atoms with Gasteiger partial charge in [0.15, 0.2) is 22.5 Å². The van der Waals surface area contributed by atoms with Gasteiger partial charge in [0.05, 0.1) is 0 Å². The van der Waals surface area contributed by atoms with Crippen LogP contribution in [0.5, 0.6) is 17.2 Å². The van der Waals surface area contributed by atoms with E-state index >= 15 is 0 Å². The number of hydrogen-bond acceptors (Lipinski definition) is 8. The van der Waals surface area contributed by atoms with Crippen LogP contribution in [0.2, 0.25) is 0 Å². The van der Waals surface area contributed by atoms with Crippen LogP contribution in [0.15, 0.2) is 50.1 Å². The molecule has 1 heterocycles. The Labute approximate surface area is 178 Å². The number of halogens is 1. The Balaban J connectivity index is 2.46. The number of fused-ring (bicyclic) bond motifs is 1. The molecule has 0 radical (unpaired) electrons. The van der Waals surface area contributed by atoms with E-state index in [0.717, 1.165) is 20.8 Å². The number of carbonyl (C=O) groups excluding carboxylic acids is 3. The van der Waals surface area contributed by atoms with Crippen LogP contribution in [-0.4, -0.2) is 17.9 Å². The van der Waals surface area contributed by atoms with Gasteiger partial charge in [-0.15, -0.1) is 0 Å². The van der Waals surface area contributed by atoms with Gasteiger partial charge in [0.2, 0.25) is 5.75 Å². The van der Waals surface area contributed by atoms with E-state index in [4.69, 9.17) is 18.6 Å². The zero-order chi connectivity index (χ0) is 22.0. The fraction of sp³-hybridized carbons (Fsp3) is 0.143. The fourth-order valence-corrected chi connectivity index (χ4v) is 3.28.